The summed E-state index contributed by atoms with van der Waals surface area (Å²) in [6.07, 6.45) is 5.33. The molecule has 230 valence electrons. The molecule has 3 aromatic carbocycles. The number of benzene rings is 3. The smallest absolute Gasteiger partial charge is 0.264 e. The maximum atomic E-state index is 14.4. The van der Waals surface area contributed by atoms with Gasteiger partial charge in [-0.15, -0.1) is 0 Å². The molecular weight excluding hydrogens is 605 g/mol. The van der Waals surface area contributed by atoms with E-state index in [0.29, 0.717) is 33.3 Å². The van der Waals surface area contributed by atoms with Crippen molar-refractivity contribution in [1.82, 2.24) is 10.2 Å². The molecule has 1 aliphatic rings. The zero-order valence-corrected chi connectivity index (χ0v) is 27.2. The van der Waals surface area contributed by atoms with Gasteiger partial charge in [0.15, 0.2) is 0 Å². The molecule has 4 rings (SSSR count). The number of nitrogens with zero attached hydrogens (tertiary/aromatic N) is 2. The second kappa shape index (κ2) is 14.6. The number of hydrogen-bond acceptors (Lipinski definition) is 4. The maximum absolute atomic E-state index is 14.4. The van der Waals surface area contributed by atoms with Crippen LogP contribution in [0, 0.1) is 13.8 Å². The number of amides is 2. The van der Waals surface area contributed by atoms with Crippen LogP contribution in [0.2, 0.25) is 10.0 Å². The molecule has 0 spiro atoms. The summed E-state index contributed by atoms with van der Waals surface area (Å²) < 4.78 is 29.3. The molecular formula is C33H39Cl2N3O4S. The van der Waals surface area contributed by atoms with Gasteiger partial charge in [0.25, 0.3) is 10.0 Å². The second-order valence-corrected chi connectivity index (χ2v) is 13.8. The molecule has 10 heteroatoms. The van der Waals surface area contributed by atoms with Crippen molar-refractivity contribution in [2.45, 2.75) is 82.8 Å². The minimum atomic E-state index is -4.15. The molecule has 0 bridgehead atoms. The average Bonchev–Trinajstić information content (AvgIpc) is 2.98. The molecule has 2 amide bonds. The average molecular weight is 645 g/mol. The number of carbonyl (C=O) groups excluding carboxylic acids is 2. The third-order valence-corrected chi connectivity index (χ3v) is 10.4. The van der Waals surface area contributed by atoms with Gasteiger partial charge in [0.1, 0.15) is 12.6 Å². The van der Waals surface area contributed by atoms with Crippen molar-refractivity contribution in [2.24, 2.45) is 0 Å². The van der Waals surface area contributed by atoms with Crippen molar-refractivity contribution in [1.29, 1.82) is 0 Å². The Morgan fingerprint density at radius 3 is 2.19 bits per heavy atom. The Hall–Kier alpha value is -3.07. The Morgan fingerprint density at radius 1 is 0.930 bits per heavy atom. The van der Waals surface area contributed by atoms with Crippen LogP contribution in [0.4, 0.5) is 5.69 Å². The first-order chi connectivity index (χ1) is 20.5. The number of sulfonamides is 1. The van der Waals surface area contributed by atoms with E-state index in [4.69, 9.17) is 23.2 Å². The van der Waals surface area contributed by atoms with E-state index < -0.39 is 28.5 Å². The van der Waals surface area contributed by atoms with E-state index in [9.17, 15) is 18.0 Å². The Balaban J connectivity index is 1.75. The van der Waals surface area contributed by atoms with E-state index in [-0.39, 0.29) is 23.4 Å². The van der Waals surface area contributed by atoms with Gasteiger partial charge in [-0.25, -0.2) is 8.42 Å². The summed E-state index contributed by atoms with van der Waals surface area (Å²) in [6, 6.07) is 17.7. The van der Waals surface area contributed by atoms with Gasteiger partial charge in [0.05, 0.1) is 10.6 Å². The minimum Gasteiger partial charge on any atom is -0.352 e. The molecule has 0 aliphatic heterocycles. The van der Waals surface area contributed by atoms with E-state index in [0.717, 1.165) is 42.0 Å². The van der Waals surface area contributed by atoms with Gasteiger partial charge < -0.3 is 10.2 Å². The maximum Gasteiger partial charge on any atom is 0.264 e. The molecule has 1 fully saturated rings. The van der Waals surface area contributed by atoms with Gasteiger partial charge in [-0.2, -0.15) is 0 Å². The number of carbonyl (C=O) groups is 2. The number of aryl methyl sites for hydroxylation is 2. The quantitative estimate of drug-likeness (QED) is 0.242. The fraction of sp³-hybridized carbons (Fsp3) is 0.394. The molecule has 3 aromatic rings. The lowest BCUT2D eigenvalue weighted by atomic mass is 9.95. The summed E-state index contributed by atoms with van der Waals surface area (Å²) in [5, 5.41) is 3.86. The molecule has 0 saturated heterocycles. The number of anilines is 1. The summed E-state index contributed by atoms with van der Waals surface area (Å²) in [7, 11) is -4.15. The van der Waals surface area contributed by atoms with Crippen LogP contribution in [0.5, 0.6) is 0 Å². The third-order valence-electron chi connectivity index (χ3n) is 7.96. The van der Waals surface area contributed by atoms with Gasteiger partial charge in [0, 0.05) is 28.2 Å². The monoisotopic (exact) mass is 643 g/mol. The van der Waals surface area contributed by atoms with Crippen molar-refractivity contribution in [3.05, 3.63) is 93.5 Å². The van der Waals surface area contributed by atoms with E-state index in [1.54, 1.807) is 42.5 Å². The first kappa shape index (κ1) is 32.8. The normalized spacial score (nSPS) is 14.6. The number of rotatable bonds is 11. The summed E-state index contributed by atoms with van der Waals surface area (Å²) >= 11 is 13.0. The Labute approximate surface area is 265 Å². The van der Waals surface area contributed by atoms with Gasteiger partial charge >= 0.3 is 0 Å². The van der Waals surface area contributed by atoms with Crippen molar-refractivity contribution >= 4 is 50.7 Å². The fourth-order valence-corrected chi connectivity index (χ4v) is 7.65. The van der Waals surface area contributed by atoms with Crippen molar-refractivity contribution < 1.29 is 18.0 Å². The SMILES string of the molecule is CC[C@@H](C(=O)NC1CCCCC1)N(Cc1c(Cl)cccc1Cl)C(=O)CN(c1ccc(C)cc1C)S(=O)(=O)c1ccccc1. The molecule has 7 nitrogen and oxygen atoms in total. The van der Waals surface area contributed by atoms with Crippen LogP contribution in [-0.4, -0.2) is 43.8 Å². The Kier molecular flexibility index (Phi) is 11.2. The molecule has 1 saturated carbocycles. The second-order valence-electron chi connectivity index (χ2n) is 11.1. The van der Waals surface area contributed by atoms with Gasteiger partial charge in [-0.1, -0.05) is 91.3 Å². The summed E-state index contributed by atoms with van der Waals surface area (Å²) in [5.74, 6) is -0.809. The van der Waals surface area contributed by atoms with E-state index in [1.807, 2.05) is 32.9 Å². The van der Waals surface area contributed by atoms with Crippen molar-refractivity contribution in [2.75, 3.05) is 10.8 Å². The lowest BCUT2D eigenvalue weighted by Gasteiger charge is -2.35. The molecule has 0 unspecified atom stereocenters. The molecule has 43 heavy (non-hydrogen) atoms. The van der Waals surface area contributed by atoms with Crippen molar-refractivity contribution in [3.63, 3.8) is 0 Å². The topological polar surface area (TPSA) is 86.8 Å². The predicted molar refractivity (Wildman–Crippen MR) is 173 cm³/mol. The number of halogens is 2. The Bertz CT molecular complexity index is 1520. The fourth-order valence-electron chi connectivity index (χ4n) is 5.64. The van der Waals surface area contributed by atoms with Crippen LogP contribution in [0.3, 0.4) is 0 Å². The summed E-state index contributed by atoms with van der Waals surface area (Å²) in [5.41, 5.74) is 2.55. The molecule has 0 heterocycles. The lowest BCUT2D eigenvalue weighted by molar-refractivity contribution is -0.140. The van der Waals surface area contributed by atoms with Gasteiger partial charge in [0.2, 0.25) is 11.8 Å². The van der Waals surface area contributed by atoms with Crippen LogP contribution >= 0.6 is 23.2 Å². The first-order valence-corrected chi connectivity index (χ1v) is 16.9. The highest BCUT2D eigenvalue weighted by Crippen LogP contribution is 2.30. The highest BCUT2D eigenvalue weighted by Gasteiger charge is 2.35. The largest absolute Gasteiger partial charge is 0.352 e. The molecule has 0 radical (unpaired) electrons. The van der Waals surface area contributed by atoms with E-state index in [1.165, 1.54) is 17.0 Å². The van der Waals surface area contributed by atoms with E-state index >= 15 is 0 Å². The summed E-state index contributed by atoms with van der Waals surface area (Å²) in [4.78, 5) is 29.6. The minimum absolute atomic E-state index is 0.0429. The van der Waals surface area contributed by atoms with Crippen LogP contribution < -0.4 is 9.62 Å². The standard InChI is InChI=1S/C33H39Cl2N3O4S/c1-4-30(33(40)36-25-12-7-5-8-13-25)37(21-27-28(34)16-11-17-29(27)35)32(39)22-38(31-19-18-23(2)20-24(31)3)43(41,42)26-14-9-6-10-15-26/h6,9-11,14-20,25,30H,4-5,7-8,12-13,21-22H2,1-3H3,(H,36,40)/t30-/m0/s1. The zero-order valence-electron chi connectivity index (χ0n) is 24.9. The predicted octanol–water partition coefficient (Wildman–Crippen LogP) is 7.06. The van der Waals surface area contributed by atoms with Crippen LogP contribution in [0.15, 0.2) is 71.6 Å². The number of hydrogen-bond donors (Lipinski definition) is 1. The lowest BCUT2D eigenvalue weighted by Crippen LogP contribution is -2.54. The molecule has 1 atom stereocenters. The van der Waals surface area contributed by atoms with Crippen LogP contribution in [-0.2, 0) is 26.2 Å². The molecule has 1 N–H and O–H groups in total. The third kappa shape index (κ3) is 7.91. The highest BCUT2D eigenvalue weighted by molar-refractivity contribution is 7.92. The zero-order chi connectivity index (χ0) is 31.1. The van der Waals surface area contributed by atoms with Crippen LogP contribution in [0.1, 0.15) is 62.1 Å². The molecule has 0 aromatic heterocycles. The van der Waals surface area contributed by atoms with E-state index in [2.05, 4.69) is 5.32 Å². The summed E-state index contributed by atoms with van der Waals surface area (Å²) in [6.45, 7) is 5.00. The first-order valence-electron chi connectivity index (χ1n) is 14.7. The van der Waals surface area contributed by atoms with Crippen LogP contribution in [0.25, 0.3) is 0 Å². The van der Waals surface area contributed by atoms with Gasteiger partial charge in [-0.05, 0) is 69.0 Å². The molecule has 1 aliphatic carbocycles. The number of nitrogens with one attached hydrogen (secondary N) is 1. The van der Waals surface area contributed by atoms with Crippen molar-refractivity contribution in [3.8, 4) is 0 Å². The van der Waals surface area contributed by atoms with Gasteiger partial charge in [-0.3, -0.25) is 13.9 Å². The Morgan fingerprint density at radius 2 is 1.58 bits per heavy atom. The highest BCUT2D eigenvalue weighted by atomic mass is 35.5.